The molecule has 3 rings (SSSR count). The van der Waals surface area contributed by atoms with Crippen molar-refractivity contribution < 1.29 is 19.5 Å². The van der Waals surface area contributed by atoms with Crippen molar-refractivity contribution in [2.45, 2.75) is 32.7 Å². The molecule has 27 heavy (non-hydrogen) atoms. The summed E-state index contributed by atoms with van der Waals surface area (Å²) in [4.78, 5) is 49.4. The summed E-state index contributed by atoms with van der Waals surface area (Å²) in [6, 6.07) is 8.87. The largest absolute Gasteiger partial charge is 0.508 e. The normalized spacial score (nSPS) is 14.3. The van der Waals surface area contributed by atoms with Gasteiger partial charge < -0.3 is 15.0 Å². The highest BCUT2D eigenvalue weighted by molar-refractivity contribution is 6.16. The number of rotatable bonds is 4. The van der Waals surface area contributed by atoms with E-state index in [9.17, 15) is 24.3 Å². The summed E-state index contributed by atoms with van der Waals surface area (Å²) in [5.41, 5.74) is 0.781. The zero-order valence-electron chi connectivity index (χ0n) is 14.8. The Labute approximate surface area is 155 Å². The van der Waals surface area contributed by atoms with Gasteiger partial charge in [-0.15, -0.1) is 0 Å². The molecule has 140 valence electrons. The molecule has 0 radical (unpaired) electrons. The molecule has 0 spiro atoms. The number of aryl methyl sites for hydroxylation is 1. The Morgan fingerprint density at radius 1 is 1.11 bits per heavy atom. The number of pyridine rings is 1. The highest BCUT2D eigenvalue weighted by Crippen LogP contribution is 2.24. The molecular weight excluding hydrogens is 350 g/mol. The number of hydrogen-bond acceptors (Lipinski definition) is 5. The van der Waals surface area contributed by atoms with Crippen LogP contribution in [0, 0.1) is 6.92 Å². The van der Waals surface area contributed by atoms with Crippen molar-refractivity contribution in [3.05, 3.63) is 52.4 Å². The Morgan fingerprint density at radius 2 is 1.81 bits per heavy atom. The van der Waals surface area contributed by atoms with E-state index in [4.69, 9.17) is 0 Å². The summed E-state index contributed by atoms with van der Waals surface area (Å²) >= 11 is 0. The van der Waals surface area contributed by atoms with E-state index in [1.807, 2.05) is 0 Å². The second kappa shape index (κ2) is 7.45. The summed E-state index contributed by atoms with van der Waals surface area (Å²) in [7, 11) is 0. The predicted octanol–water partition coefficient (Wildman–Crippen LogP) is 1.54. The van der Waals surface area contributed by atoms with Crippen LogP contribution in [0.4, 0.5) is 11.4 Å². The zero-order valence-corrected chi connectivity index (χ0v) is 14.8. The van der Waals surface area contributed by atoms with Crippen molar-refractivity contribution in [2.24, 2.45) is 0 Å². The Kier molecular flexibility index (Phi) is 5.07. The second-order valence-electron chi connectivity index (χ2n) is 6.35. The molecule has 1 aromatic carbocycles. The van der Waals surface area contributed by atoms with Crippen LogP contribution in [0.1, 0.15) is 25.0 Å². The summed E-state index contributed by atoms with van der Waals surface area (Å²) in [6.45, 7) is 1.39. The van der Waals surface area contributed by atoms with Crippen molar-refractivity contribution in [3.8, 4) is 5.75 Å². The number of aromatic hydroxyl groups is 1. The minimum absolute atomic E-state index is 0.155. The molecule has 1 fully saturated rings. The molecule has 8 heteroatoms. The highest BCUT2D eigenvalue weighted by Gasteiger charge is 2.27. The average molecular weight is 369 g/mol. The van der Waals surface area contributed by atoms with Gasteiger partial charge in [0.1, 0.15) is 12.3 Å². The number of anilines is 2. The van der Waals surface area contributed by atoms with Gasteiger partial charge in [0.15, 0.2) is 0 Å². The molecule has 0 unspecified atom stereocenters. The molecule has 0 bridgehead atoms. The van der Waals surface area contributed by atoms with E-state index in [2.05, 4.69) is 5.32 Å². The van der Waals surface area contributed by atoms with Gasteiger partial charge in [0.05, 0.1) is 5.69 Å². The van der Waals surface area contributed by atoms with E-state index in [0.717, 1.165) is 11.0 Å². The van der Waals surface area contributed by atoms with Crippen LogP contribution in [0.15, 0.2) is 41.2 Å². The van der Waals surface area contributed by atoms with Crippen LogP contribution >= 0.6 is 0 Å². The van der Waals surface area contributed by atoms with Gasteiger partial charge in [-0.3, -0.25) is 24.1 Å². The maximum Gasteiger partial charge on any atom is 0.254 e. The molecule has 2 heterocycles. The molecule has 1 aliphatic rings. The molecule has 0 atom stereocenters. The highest BCUT2D eigenvalue weighted by atomic mass is 16.3. The van der Waals surface area contributed by atoms with Gasteiger partial charge in [0.2, 0.25) is 17.7 Å². The Hall–Kier alpha value is -3.42. The molecule has 2 N–H and O–H groups in total. The smallest absolute Gasteiger partial charge is 0.254 e. The van der Waals surface area contributed by atoms with Crippen LogP contribution in [0.3, 0.4) is 0 Å². The molecule has 8 nitrogen and oxygen atoms in total. The number of carbonyl (C=O) groups excluding carboxylic acids is 3. The minimum Gasteiger partial charge on any atom is -0.508 e. The zero-order chi connectivity index (χ0) is 19.6. The Morgan fingerprint density at radius 3 is 2.48 bits per heavy atom. The van der Waals surface area contributed by atoms with E-state index in [-0.39, 0.29) is 24.1 Å². The number of nitrogens with one attached hydrogen (secondary N) is 1. The van der Waals surface area contributed by atoms with Crippen LogP contribution in [0.5, 0.6) is 5.75 Å². The maximum atomic E-state index is 12.3. The fourth-order valence-corrected chi connectivity index (χ4v) is 3.02. The quantitative estimate of drug-likeness (QED) is 0.795. The van der Waals surface area contributed by atoms with Crippen LogP contribution in [0.25, 0.3) is 0 Å². The van der Waals surface area contributed by atoms with E-state index >= 15 is 0 Å². The lowest BCUT2D eigenvalue weighted by Gasteiger charge is -2.25. The standard InChI is InChI=1S/C19H19N3O5/c1-12-8-15(23)10-19(27)21(12)11-16(24)20-13-4-2-5-14(9-13)22-17(25)6-3-7-18(22)26/h2,4-5,8-10,23H,3,6-7,11H2,1H3,(H,20,24). The fraction of sp³-hybridized carbons (Fsp3) is 0.263. The molecular formula is C19H19N3O5. The van der Waals surface area contributed by atoms with E-state index < -0.39 is 11.5 Å². The van der Waals surface area contributed by atoms with Crippen molar-refractivity contribution in [3.63, 3.8) is 0 Å². The number of aromatic nitrogens is 1. The molecule has 2 aromatic rings. The summed E-state index contributed by atoms with van der Waals surface area (Å²) in [5.74, 6) is -1.13. The first-order chi connectivity index (χ1) is 12.8. The first-order valence-electron chi connectivity index (χ1n) is 8.51. The molecule has 0 saturated carbocycles. The van der Waals surface area contributed by atoms with E-state index in [0.29, 0.717) is 36.3 Å². The third kappa shape index (κ3) is 4.05. The Balaban J connectivity index is 1.77. The molecule has 1 saturated heterocycles. The van der Waals surface area contributed by atoms with E-state index in [1.54, 1.807) is 31.2 Å². The van der Waals surface area contributed by atoms with Crippen LogP contribution in [0.2, 0.25) is 0 Å². The topological polar surface area (TPSA) is 109 Å². The van der Waals surface area contributed by atoms with Gasteiger partial charge in [-0.1, -0.05) is 6.07 Å². The van der Waals surface area contributed by atoms with E-state index in [1.165, 1.54) is 10.6 Å². The maximum absolute atomic E-state index is 12.3. The lowest BCUT2D eigenvalue weighted by Crippen LogP contribution is -2.40. The number of imide groups is 1. The molecule has 3 amide bonds. The number of amides is 3. The minimum atomic E-state index is -0.485. The van der Waals surface area contributed by atoms with Gasteiger partial charge in [-0.25, -0.2) is 0 Å². The summed E-state index contributed by atoms with van der Waals surface area (Å²) in [5, 5.41) is 12.1. The number of benzene rings is 1. The van der Waals surface area contributed by atoms with Crippen molar-refractivity contribution in [1.82, 2.24) is 4.57 Å². The van der Waals surface area contributed by atoms with Crippen LogP contribution in [-0.2, 0) is 20.9 Å². The first kappa shape index (κ1) is 18.4. The number of piperidine rings is 1. The summed E-state index contributed by atoms with van der Waals surface area (Å²) < 4.78 is 1.23. The third-order valence-electron chi connectivity index (χ3n) is 4.29. The molecule has 1 aliphatic heterocycles. The Bertz CT molecular complexity index is 964. The second-order valence-corrected chi connectivity index (χ2v) is 6.35. The van der Waals surface area contributed by atoms with Gasteiger partial charge in [0, 0.05) is 30.3 Å². The van der Waals surface area contributed by atoms with Crippen LogP contribution < -0.4 is 15.8 Å². The lowest BCUT2D eigenvalue weighted by atomic mass is 10.1. The SMILES string of the molecule is Cc1cc(O)cc(=O)n1CC(=O)Nc1cccc(N2C(=O)CCCC2=O)c1. The van der Waals surface area contributed by atoms with Crippen molar-refractivity contribution in [1.29, 1.82) is 0 Å². The summed E-state index contributed by atoms with van der Waals surface area (Å²) in [6.07, 6.45) is 1.17. The van der Waals surface area contributed by atoms with Gasteiger partial charge in [-0.2, -0.15) is 0 Å². The molecule has 0 aliphatic carbocycles. The van der Waals surface area contributed by atoms with Gasteiger partial charge >= 0.3 is 0 Å². The third-order valence-corrected chi connectivity index (χ3v) is 4.29. The van der Waals surface area contributed by atoms with Gasteiger partial charge in [0.25, 0.3) is 5.56 Å². The fourth-order valence-electron chi connectivity index (χ4n) is 3.02. The predicted molar refractivity (Wildman–Crippen MR) is 98.5 cm³/mol. The monoisotopic (exact) mass is 369 g/mol. The van der Waals surface area contributed by atoms with Gasteiger partial charge in [-0.05, 0) is 37.6 Å². The first-order valence-corrected chi connectivity index (χ1v) is 8.51. The average Bonchev–Trinajstić information content (AvgIpc) is 2.58. The molecule has 1 aromatic heterocycles. The number of carbonyl (C=O) groups is 3. The number of hydrogen-bond donors (Lipinski definition) is 2. The van der Waals surface area contributed by atoms with Crippen LogP contribution in [-0.4, -0.2) is 27.4 Å². The van der Waals surface area contributed by atoms with Crippen molar-refractivity contribution >= 4 is 29.1 Å². The lowest BCUT2D eigenvalue weighted by molar-refractivity contribution is -0.129. The number of nitrogens with zero attached hydrogens (tertiary/aromatic N) is 2. The van der Waals surface area contributed by atoms with Crippen molar-refractivity contribution in [2.75, 3.05) is 10.2 Å².